The third-order valence-corrected chi connectivity index (χ3v) is 7.91. The highest BCUT2D eigenvalue weighted by atomic mass is 16.3. The van der Waals surface area contributed by atoms with Crippen LogP contribution in [-0.4, -0.2) is 44.9 Å². The Balaban J connectivity index is 1.26. The number of nitrogens with zero attached hydrogens (tertiary/aromatic N) is 2. The van der Waals surface area contributed by atoms with Crippen LogP contribution >= 0.6 is 0 Å². The lowest BCUT2D eigenvalue weighted by Gasteiger charge is -2.37. The topological polar surface area (TPSA) is 81.1 Å². The fourth-order valence-corrected chi connectivity index (χ4v) is 6.06. The number of rotatable bonds is 8. The molecule has 0 saturated heterocycles. The van der Waals surface area contributed by atoms with Gasteiger partial charge in [-0.3, -0.25) is 9.59 Å². The Morgan fingerprint density at radius 1 is 0.513 bits per heavy atom. The van der Waals surface area contributed by atoms with Crippen LogP contribution < -0.4 is 0 Å². The summed E-state index contributed by atoms with van der Waals surface area (Å²) < 4.78 is 0. The molecule has 0 aliphatic carbocycles. The van der Waals surface area contributed by atoms with E-state index in [1.165, 1.54) is 9.80 Å². The van der Waals surface area contributed by atoms with E-state index in [9.17, 15) is 19.8 Å². The lowest BCUT2D eigenvalue weighted by molar-refractivity contribution is -0.0949. The summed E-state index contributed by atoms with van der Waals surface area (Å²) in [6, 6.07) is 33.6. The molecule has 0 radical (unpaired) electrons. The molecule has 39 heavy (non-hydrogen) atoms. The zero-order valence-corrected chi connectivity index (χ0v) is 21.5. The molecular formula is C33H30N2O4. The monoisotopic (exact) mass is 518 g/mol. The van der Waals surface area contributed by atoms with E-state index in [1.54, 1.807) is 36.4 Å². The fraction of sp³-hybridized carbons (Fsp3) is 0.212. The first-order chi connectivity index (χ1) is 18.9. The van der Waals surface area contributed by atoms with E-state index in [-0.39, 0.29) is 37.7 Å². The van der Waals surface area contributed by atoms with Crippen molar-refractivity contribution in [2.24, 2.45) is 0 Å². The van der Waals surface area contributed by atoms with E-state index in [4.69, 9.17) is 0 Å². The summed E-state index contributed by atoms with van der Waals surface area (Å²) in [5, 5.41) is 24.0. The van der Waals surface area contributed by atoms with Crippen LogP contribution in [0.3, 0.4) is 0 Å². The Morgan fingerprint density at radius 2 is 0.872 bits per heavy atom. The largest absolute Gasteiger partial charge is 0.366 e. The summed E-state index contributed by atoms with van der Waals surface area (Å²) in [6.07, 6.45) is 0.888. The molecule has 0 spiro atoms. The third-order valence-electron chi connectivity index (χ3n) is 7.91. The highest BCUT2D eigenvalue weighted by Gasteiger charge is 2.50. The number of fused-ring (bicyclic) bond motifs is 2. The average Bonchev–Trinajstić information content (AvgIpc) is 3.30. The molecule has 0 bridgehead atoms. The second-order valence-electron chi connectivity index (χ2n) is 10.3. The summed E-state index contributed by atoms with van der Waals surface area (Å²) in [7, 11) is 0. The summed E-state index contributed by atoms with van der Waals surface area (Å²) in [6.45, 7) is 0.441. The lowest BCUT2D eigenvalue weighted by Crippen LogP contribution is -2.49. The number of amides is 2. The normalized spacial score (nSPS) is 21.8. The van der Waals surface area contributed by atoms with Gasteiger partial charge in [-0.1, -0.05) is 97.1 Å². The first-order valence-electron chi connectivity index (χ1n) is 13.3. The molecule has 196 valence electrons. The Labute approximate surface area is 227 Å². The van der Waals surface area contributed by atoms with Gasteiger partial charge >= 0.3 is 0 Å². The molecule has 4 aromatic rings. The van der Waals surface area contributed by atoms with E-state index in [0.717, 1.165) is 11.1 Å². The second-order valence-corrected chi connectivity index (χ2v) is 10.3. The molecule has 0 fully saturated rings. The Kier molecular flexibility index (Phi) is 6.29. The zero-order chi connectivity index (χ0) is 27.0. The van der Waals surface area contributed by atoms with E-state index in [2.05, 4.69) is 0 Å². The van der Waals surface area contributed by atoms with Crippen molar-refractivity contribution in [2.75, 3.05) is 13.1 Å². The number of benzene rings is 4. The minimum atomic E-state index is -1.51. The maximum Gasteiger partial charge on any atom is 0.256 e. The van der Waals surface area contributed by atoms with Gasteiger partial charge in [0.05, 0.1) is 0 Å². The van der Waals surface area contributed by atoms with Gasteiger partial charge in [0.25, 0.3) is 11.8 Å². The van der Waals surface area contributed by atoms with Crippen molar-refractivity contribution in [3.63, 3.8) is 0 Å². The van der Waals surface area contributed by atoms with Crippen molar-refractivity contribution in [1.82, 2.24) is 9.80 Å². The van der Waals surface area contributed by atoms with Gasteiger partial charge < -0.3 is 20.0 Å². The highest BCUT2D eigenvalue weighted by Crippen LogP contribution is 2.42. The molecule has 6 nitrogen and oxygen atoms in total. The maximum absolute atomic E-state index is 13.5. The minimum Gasteiger partial charge on any atom is -0.366 e. The molecule has 2 amide bonds. The van der Waals surface area contributed by atoms with Crippen molar-refractivity contribution in [3.05, 3.63) is 143 Å². The van der Waals surface area contributed by atoms with Crippen LogP contribution in [0.5, 0.6) is 0 Å². The van der Waals surface area contributed by atoms with E-state index in [1.807, 2.05) is 72.8 Å². The molecule has 2 unspecified atom stereocenters. The van der Waals surface area contributed by atoms with E-state index >= 15 is 0 Å². The van der Waals surface area contributed by atoms with Crippen LogP contribution in [0, 0.1) is 0 Å². The van der Waals surface area contributed by atoms with Crippen LogP contribution in [0.4, 0.5) is 0 Å². The van der Waals surface area contributed by atoms with Crippen molar-refractivity contribution in [3.8, 4) is 0 Å². The molecule has 6 rings (SSSR count). The van der Waals surface area contributed by atoms with E-state index in [0.29, 0.717) is 28.7 Å². The molecule has 2 heterocycles. The number of carbonyl (C=O) groups is 2. The Morgan fingerprint density at radius 3 is 1.28 bits per heavy atom. The molecule has 0 aromatic heterocycles. The summed E-state index contributed by atoms with van der Waals surface area (Å²) in [5.41, 5.74) is 0.963. The predicted molar refractivity (Wildman–Crippen MR) is 148 cm³/mol. The lowest BCUT2D eigenvalue weighted by atomic mass is 9.94. The first-order valence-corrected chi connectivity index (χ1v) is 13.3. The molecule has 4 aromatic carbocycles. The molecule has 6 heteroatoms. The first kappa shape index (κ1) is 25.0. The number of hydrogen-bond acceptors (Lipinski definition) is 4. The summed E-state index contributed by atoms with van der Waals surface area (Å²) >= 11 is 0. The van der Waals surface area contributed by atoms with Crippen molar-refractivity contribution in [1.29, 1.82) is 0 Å². The van der Waals surface area contributed by atoms with Gasteiger partial charge in [-0.25, -0.2) is 0 Å². The van der Waals surface area contributed by atoms with E-state index < -0.39 is 11.4 Å². The predicted octanol–water partition coefficient (Wildman–Crippen LogP) is 4.46. The van der Waals surface area contributed by atoms with Crippen LogP contribution in [0.15, 0.2) is 109 Å². The molecule has 2 aliphatic rings. The van der Waals surface area contributed by atoms with Crippen LogP contribution in [0.1, 0.15) is 49.4 Å². The standard InChI is InChI=1S/C33H30N2O4/c36-30-26-16-7-9-18-28(26)32(38,22-24-12-3-1-4-13-24)34(30)20-11-21-35-31(37)27-17-8-10-19-29(27)33(35,39)23-25-14-5-2-6-15-25/h1-10,12-19,38-39H,11,20-23H2. The van der Waals surface area contributed by atoms with Crippen LogP contribution in [0.25, 0.3) is 0 Å². The van der Waals surface area contributed by atoms with Crippen molar-refractivity contribution in [2.45, 2.75) is 30.7 Å². The molecule has 2 N–H and O–H groups in total. The van der Waals surface area contributed by atoms with Gasteiger partial charge in [-0.2, -0.15) is 0 Å². The minimum absolute atomic E-state index is 0.221. The highest BCUT2D eigenvalue weighted by molar-refractivity contribution is 6.00. The molecule has 2 atom stereocenters. The van der Waals surface area contributed by atoms with Gasteiger partial charge in [-0.05, 0) is 29.7 Å². The molecule has 0 saturated carbocycles. The van der Waals surface area contributed by atoms with Gasteiger partial charge in [0, 0.05) is 48.2 Å². The average molecular weight is 519 g/mol. The van der Waals surface area contributed by atoms with Crippen molar-refractivity contribution >= 4 is 11.8 Å². The second kappa shape index (κ2) is 9.80. The number of hydrogen-bond donors (Lipinski definition) is 2. The Hall–Kier alpha value is -4.26. The maximum atomic E-state index is 13.5. The summed E-state index contributed by atoms with van der Waals surface area (Å²) in [5.74, 6) is -0.473. The fourth-order valence-electron chi connectivity index (χ4n) is 6.06. The van der Waals surface area contributed by atoms with Gasteiger partial charge in [0.2, 0.25) is 0 Å². The SMILES string of the molecule is O=C1c2ccccc2C(O)(Cc2ccccc2)N1CCCN1C(=O)c2ccccc2C1(O)Cc1ccccc1. The van der Waals surface area contributed by atoms with Crippen LogP contribution in [0.2, 0.25) is 0 Å². The van der Waals surface area contributed by atoms with Gasteiger partial charge in [0.15, 0.2) is 11.4 Å². The van der Waals surface area contributed by atoms with Gasteiger partial charge in [-0.15, -0.1) is 0 Å². The molecular weight excluding hydrogens is 488 g/mol. The number of carbonyl (C=O) groups excluding carboxylic acids is 2. The smallest absolute Gasteiger partial charge is 0.256 e. The third kappa shape index (κ3) is 4.22. The van der Waals surface area contributed by atoms with Crippen LogP contribution in [-0.2, 0) is 24.3 Å². The quantitative estimate of drug-likeness (QED) is 0.361. The zero-order valence-electron chi connectivity index (χ0n) is 21.5. The van der Waals surface area contributed by atoms with Crippen molar-refractivity contribution < 1.29 is 19.8 Å². The Bertz CT molecular complexity index is 1410. The molecule has 2 aliphatic heterocycles. The summed E-state index contributed by atoms with van der Waals surface area (Å²) in [4.78, 5) is 30.0. The number of aliphatic hydroxyl groups is 2. The van der Waals surface area contributed by atoms with Gasteiger partial charge in [0.1, 0.15) is 0 Å².